The van der Waals surface area contributed by atoms with Crippen molar-refractivity contribution in [1.82, 2.24) is 15.2 Å². The number of amides is 1. The number of hydrogen-bond acceptors (Lipinski definition) is 6. The molecular formula is C10H8FN5O2. The van der Waals surface area contributed by atoms with Crippen molar-refractivity contribution >= 4 is 12.0 Å². The minimum Gasteiger partial charge on any atom is -0.407 e. The zero-order chi connectivity index (χ0) is 13.1. The van der Waals surface area contributed by atoms with Gasteiger partial charge in [-0.25, -0.2) is 14.2 Å². The van der Waals surface area contributed by atoms with E-state index in [4.69, 9.17) is 11.5 Å². The van der Waals surface area contributed by atoms with Crippen molar-refractivity contribution in [3.8, 4) is 17.0 Å². The predicted octanol–water partition coefficient (Wildman–Crippen LogP) is 0.717. The average Bonchev–Trinajstić information content (AvgIpc) is 2.32. The third-order valence-corrected chi connectivity index (χ3v) is 2.02. The topological polar surface area (TPSA) is 117 Å². The number of carbonyl (C=O) groups is 1. The van der Waals surface area contributed by atoms with E-state index in [9.17, 15) is 9.18 Å². The fraction of sp³-hybridized carbons (Fsp3) is 0. The van der Waals surface area contributed by atoms with Gasteiger partial charge in [0.05, 0.1) is 6.20 Å². The second-order valence-electron chi connectivity index (χ2n) is 3.27. The van der Waals surface area contributed by atoms with E-state index in [0.717, 1.165) is 6.07 Å². The van der Waals surface area contributed by atoms with Crippen LogP contribution in [-0.2, 0) is 0 Å². The fourth-order valence-electron chi connectivity index (χ4n) is 1.27. The Morgan fingerprint density at radius 1 is 1.33 bits per heavy atom. The molecule has 7 nitrogen and oxygen atoms in total. The fourth-order valence-corrected chi connectivity index (χ4v) is 1.27. The van der Waals surface area contributed by atoms with E-state index in [1.807, 2.05) is 0 Å². The Morgan fingerprint density at radius 3 is 2.67 bits per heavy atom. The Morgan fingerprint density at radius 2 is 2.11 bits per heavy atom. The normalized spacial score (nSPS) is 10.1. The molecule has 1 heterocycles. The zero-order valence-corrected chi connectivity index (χ0v) is 9.00. The summed E-state index contributed by atoms with van der Waals surface area (Å²) in [6.45, 7) is 0. The van der Waals surface area contributed by atoms with Crippen LogP contribution in [0, 0.1) is 5.82 Å². The standard InChI is InChI=1S/C10H8FN5O2/c11-6-3-5(1-2-8(6)18-10(13)17)7-4-14-9(12)16-15-7/h1-4H,(H2,13,17)(H2,12,14,16). The van der Waals surface area contributed by atoms with Gasteiger partial charge in [0.15, 0.2) is 11.6 Å². The highest BCUT2D eigenvalue weighted by molar-refractivity contribution is 5.69. The maximum atomic E-state index is 13.5. The summed E-state index contributed by atoms with van der Waals surface area (Å²) in [5, 5.41) is 7.29. The Balaban J connectivity index is 2.33. The van der Waals surface area contributed by atoms with Crippen molar-refractivity contribution in [2.24, 2.45) is 5.73 Å². The maximum Gasteiger partial charge on any atom is 0.410 e. The van der Waals surface area contributed by atoms with Crippen LogP contribution in [-0.4, -0.2) is 21.3 Å². The molecule has 0 bridgehead atoms. The Labute approximate surface area is 101 Å². The molecule has 1 amide bonds. The summed E-state index contributed by atoms with van der Waals surface area (Å²) in [7, 11) is 0. The van der Waals surface area contributed by atoms with Crippen molar-refractivity contribution in [3.05, 3.63) is 30.2 Å². The molecule has 2 aromatic rings. The number of benzene rings is 1. The summed E-state index contributed by atoms with van der Waals surface area (Å²) in [5.41, 5.74) is 10.8. The number of nitrogens with zero attached hydrogens (tertiary/aromatic N) is 3. The van der Waals surface area contributed by atoms with Crippen molar-refractivity contribution in [1.29, 1.82) is 0 Å². The highest BCUT2D eigenvalue weighted by atomic mass is 19.1. The number of anilines is 1. The van der Waals surface area contributed by atoms with Gasteiger partial charge in [0, 0.05) is 5.56 Å². The van der Waals surface area contributed by atoms with Crippen LogP contribution in [0.15, 0.2) is 24.4 Å². The number of ether oxygens (including phenoxy) is 1. The van der Waals surface area contributed by atoms with E-state index in [2.05, 4.69) is 19.9 Å². The molecule has 0 atom stereocenters. The van der Waals surface area contributed by atoms with E-state index in [0.29, 0.717) is 11.3 Å². The molecule has 0 radical (unpaired) electrons. The molecule has 4 N–H and O–H groups in total. The first-order chi connectivity index (χ1) is 8.56. The molecule has 0 spiro atoms. The monoisotopic (exact) mass is 249 g/mol. The molecule has 92 valence electrons. The van der Waals surface area contributed by atoms with Crippen LogP contribution in [0.25, 0.3) is 11.3 Å². The number of halogens is 1. The van der Waals surface area contributed by atoms with E-state index in [1.54, 1.807) is 0 Å². The van der Waals surface area contributed by atoms with Crippen molar-refractivity contribution in [3.63, 3.8) is 0 Å². The average molecular weight is 249 g/mol. The lowest BCUT2D eigenvalue weighted by molar-refractivity contribution is 0.208. The molecular weight excluding hydrogens is 241 g/mol. The first-order valence-electron chi connectivity index (χ1n) is 4.78. The molecule has 1 aromatic heterocycles. The molecule has 0 saturated carbocycles. The zero-order valence-electron chi connectivity index (χ0n) is 9.00. The summed E-state index contributed by atoms with van der Waals surface area (Å²) in [6.07, 6.45) is 0.265. The SMILES string of the molecule is NC(=O)Oc1ccc(-c2cnc(N)nn2)cc1F. The number of aromatic nitrogens is 3. The van der Waals surface area contributed by atoms with Gasteiger partial charge in [-0.05, 0) is 18.2 Å². The van der Waals surface area contributed by atoms with Gasteiger partial charge in [-0.3, -0.25) is 0 Å². The molecule has 2 rings (SSSR count). The molecule has 0 saturated heterocycles. The molecule has 0 aliphatic heterocycles. The lowest BCUT2D eigenvalue weighted by Crippen LogP contribution is -2.16. The predicted molar refractivity (Wildman–Crippen MR) is 59.8 cm³/mol. The second-order valence-corrected chi connectivity index (χ2v) is 3.27. The number of rotatable bonds is 2. The van der Waals surface area contributed by atoms with Crippen LogP contribution in [0.2, 0.25) is 0 Å². The molecule has 18 heavy (non-hydrogen) atoms. The van der Waals surface area contributed by atoms with E-state index in [1.165, 1.54) is 18.3 Å². The number of carbonyl (C=O) groups excluding carboxylic acids is 1. The smallest absolute Gasteiger partial charge is 0.407 e. The highest BCUT2D eigenvalue weighted by Crippen LogP contribution is 2.23. The maximum absolute atomic E-state index is 13.5. The summed E-state index contributed by atoms with van der Waals surface area (Å²) < 4.78 is 18.0. The van der Waals surface area contributed by atoms with Gasteiger partial charge in [0.25, 0.3) is 0 Å². The Kier molecular flexibility index (Phi) is 3.00. The van der Waals surface area contributed by atoms with E-state index < -0.39 is 11.9 Å². The lowest BCUT2D eigenvalue weighted by Gasteiger charge is -2.04. The summed E-state index contributed by atoms with van der Waals surface area (Å²) in [5.74, 6) is -0.986. The molecule has 8 heteroatoms. The quantitative estimate of drug-likeness (QED) is 0.809. The number of nitrogen functional groups attached to an aromatic ring is 1. The van der Waals surface area contributed by atoms with Gasteiger partial charge in [0.2, 0.25) is 5.95 Å². The lowest BCUT2D eigenvalue weighted by atomic mass is 10.1. The van der Waals surface area contributed by atoms with Crippen LogP contribution in [0.1, 0.15) is 0 Å². The summed E-state index contributed by atoms with van der Waals surface area (Å²) >= 11 is 0. The van der Waals surface area contributed by atoms with E-state index >= 15 is 0 Å². The third kappa shape index (κ3) is 2.48. The van der Waals surface area contributed by atoms with Crippen LogP contribution in [0.5, 0.6) is 5.75 Å². The number of hydrogen-bond donors (Lipinski definition) is 2. The van der Waals surface area contributed by atoms with Crippen molar-refractivity contribution in [2.75, 3.05) is 5.73 Å². The van der Waals surface area contributed by atoms with Gasteiger partial charge < -0.3 is 16.2 Å². The summed E-state index contributed by atoms with van der Waals surface area (Å²) in [4.78, 5) is 14.2. The van der Waals surface area contributed by atoms with E-state index in [-0.39, 0.29) is 11.7 Å². The molecule has 0 fully saturated rings. The van der Waals surface area contributed by atoms with Gasteiger partial charge >= 0.3 is 6.09 Å². The van der Waals surface area contributed by atoms with Gasteiger partial charge in [-0.2, -0.15) is 0 Å². The first kappa shape index (κ1) is 11.7. The van der Waals surface area contributed by atoms with Gasteiger partial charge in [-0.1, -0.05) is 0 Å². The molecule has 0 aliphatic rings. The Bertz CT molecular complexity index is 587. The minimum atomic E-state index is -1.09. The second kappa shape index (κ2) is 4.62. The largest absolute Gasteiger partial charge is 0.410 e. The van der Waals surface area contributed by atoms with Crippen LogP contribution in [0.4, 0.5) is 15.1 Å². The summed E-state index contributed by atoms with van der Waals surface area (Å²) in [6, 6.07) is 3.87. The highest BCUT2D eigenvalue weighted by Gasteiger charge is 2.09. The van der Waals surface area contributed by atoms with Crippen LogP contribution >= 0.6 is 0 Å². The van der Waals surface area contributed by atoms with Crippen LogP contribution in [0.3, 0.4) is 0 Å². The first-order valence-corrected chi connectivity index (χ1v) is 4.78. The van der Waals surface area contributed by atoms with Crippen LogP contribution < -0.4 is 16.2 Å². The van der Waals surface area contributed by atoms with Crippen molar-refractivity contribution < 1.29 is 13.9 Å². The minimum absolute atomic E-state index is 0.0212. The number of primary amides is 1. The Hall–Kier alpha value is -2.77. The molecule has 0 unspecified atom stereocenters. The molecule has 1 aromatic carbocycles. The van der Waals surface area contributed by atoms with Crippen molar-refractivity contribution in [2.45, 2.75) is 0 Å². The third-order valence-electron chi connectivity index (χ3n) is 2.02. The van der Waals surface area contributed by atoms with Gasteiger partial charge in [0.1, 0.15) is 5.69 Å². The number of nitrogens with two attached hydrogens (primary N) is 2. The van der Waals surface area contributed by atoms with Gasteiger partial charge in [-0.15, -0.1) is 10.2 Å². The molecule has 0 aliphatic carbocycles.